The molecule has 176 valence electrons. The van der Waals surface area contributed by atoms with E-state index in [9.17, 15) is 4.79 Å². The number of hydrogen-bond donors (Lipinski definition) is 3. The topological polar surface area (TPSA) is 112 Å². The Morgan fingerprint density at radius 1 is 0.889 bits per heavy atom. The average molecular weight is 474 g/mol. The van der Waals surface area contributed by atoms with Crippen molar-refractivity contribution in [1.29, 1.82) is 0 Å². The first-order chi connectivity index (χ1) is 17.7. The minimum Gasteiger partial charge on any atom is -0.353 e. The molecule has 0 aliphatic heterocycles. The van der Waals surface area contributed by atoms with Crippen molar-refractivity contribution in [2.24, 2.45) is 0 Å². The second-order valence-electron chi connectivity index (χ2n) is 8.61. The molecule has 0 bridgehead atoms. The van der Waals surface area contributed by atoms with E-state index in [0.29, 0.717) is 12.1 Å². The first kappa shape index (κ1) is 21.7. The summed E-state index contributed by atoms with van der Waals surface area (Å²) >= 11 is 0. The van der Waals surface area contributed by atoms with E-state index in [1.165, 1.54) is 0 Å². The summed E-state index contributed by atoms with van der Waals surface area (Å²) in [6.45, 7) is 1.98. The Morgan fingerprint density at radius 3 is 2.67 bits per heavy atom. The molecular weight excluding hydrogens is 450 g/mol. The van der Waals surface area contributed by atoms with Crippen LogP contribution in [0.4, 0.5) is 5.69 Å². The van der Waals surface area contributed by atoms with Crippen LogP contribution in [0.3, 0.4) is 0 Å². The van der Waals surface area contributed by atoms with Gasteiger partial charge in [-0.25, -0.2) is 0 Å². The molecular formula is C28H23N7O. The molecule has 1 aromatic carbocycles. The van der Waals surface area contributed by atoms with Crippen molar-refractivity contribution in [2.45, 2.75) is 19.8 Å². The van der Waals surface area contributed by atoms with E-state index in [2.05, 4.69) is 47.6 Å². The number of carbonyl (C=O) groups is 1. The second-order valence-corrected chi connectivity index (χ2v) is 8.61. The van der Waals surface area contributed by atoms with Crippen molar-refractivity contribution >= 4 is 33.4 Å². The van der Waals surface area contributed by atoms with E-state index < -0.39 is 0 Å². The molecule has 0 radical (unpaired) electrons. The van der Waals surface area contributed by atoms with Gasteiger partial charge in [0.25, 0.3) is 0 Å². The Balaban J connectivity index is 1.40. The maximum absolute atomic E-state index is 12.0. The number of anilines is 1. The van der Waals surface area contributed by atoms with Crippen LogP contribution in [0.2, 0.25) is 0 Å². The Hall–Kier alpha value is -4.85. The van der Waals surface area contributed by atoms with Crippen LogP contribution >= 0.6 is 0 Å². The highest BCUT2D eigenvalue weighted by Crippen LogP contribution is 2.34. The van der Waals surface area contributed by atoms with E-state index in [1.807, 2.05) is 49.4 Å². The fraction of sp³-hybridized carbons (Fsp3) is 0.107. The van der Waals surface area contributed by atoms with Gasteiger partial charge in [-0.3, -0.25) is 24.8 Å². The number of fused-ring (bicyclic) bond motifs is 2. The van der Waals surface area contributed by atoms with Crippen LogP contribution in [0.25, 0.3) is 55.7 Å². The highest BCUT2D eigenvalue weighted by Gasteiger charge is 2.15. The van der Waals surface area contributed by atoms with Gasteiger partial charge < -0.3 is 10.3 Å². The molecule has 3 N–H and O–H groups in total. The molecule has 5 aromatic heterocycles. The Kier molecular flexibility index (Phi) is 5.46. The number of aromatic nitrogens is 6. The van der Waals surface area contributed by atoms with E-state index in [4.69, 9.17) is 0 Å². The number of amides is 1. The van der Waals surface area contributed by atoms with Crippen molar-refractivity contribution in [3.8, 4) is 33.9 Å². The number of carbonyl (C=O) groups excluding carboxylic acids is 1. The minimum atomic E-state index is -0.0117. The lowest BCUT2D eigenvalue weighted by Crippen LogP contribution is -2.10. The van der Waals surface area contributed by atoms with Crippen molar-refractivity contribution in [3.05, 3.63) is 79.4 Å². The van der Waals surface area contributed by atoms with Gasteiger partial charge in [0.2, 0.25) is 5.91 Å². The second kappa shape index (κ2) is 9.07. The monoisotopic (exact) mass is 473 g/mol. The number of rotatable bonds is 6. The smallest absolute Gasteiger partial charge is 0.224 e. The van der Waals surface area contributed by atoms with E-state index in [1.54, 1.807) is 24.8 Å². The molecule has 1 amide bonds. The summed E-state index contributed by atoms with van der Waals surface area (Å²) in [5.41, 5.74) is 7.82. The zero-order chi connectivity index (χ0) is 24.5. The summed E-state index contributed by atoms with van der Waals surface area (Å²) < 4.78 is 0. The van der Waals surface area contributed by atoms with Crippen LogP contribution < -0.4 is 5.32 Å². The SMILES string of the molecule is CCCC(=O)Nc1cncc(-c2ccc3[nH]nc(-c4cc5c(-c6ccccn6)nccc5[nH]4)c3c2)c1. The van der Waals surface area contributed by atoms with E-state index in [0.717, 1.165) is 62.1 Å². The number of nitrogens with one attached hydrogen (secondary N) is 3. The molecule has 6 rings (SSSR count). The number of H-pyrrole nitrogens is 2. The Bertz CT molecular complexity index is 1700. The van der Waals surface area contributed by atoms with Crippen LogP contribution in [0, 0.1) is 0 Å². The van der Waals surface area contributed by atoms with Gasteiger partial charge >= 0.3 is 0 Å². The summed E-state index contributed by atoms with van der Waals surface area (Å²) in [5, 5.41) is 12.6. The zero-order valence-electron chi connectivity index (χ0n) is 19.6. The molecule has 8 heteroatoms. The summed E-state index contributed by atoms with van der Waals surface area (Å²) in [6, 6.07) is 17.9. The van der Waals surface area contributed by atoms with Crippen LogP contribution in [0.1, 0.15) is 19.8 Å². The van der Waals surface area contributed by atoms with E-state index in [-0.39, 0.29) is 5.91 Å². The lowest BCUT2D eigenvalue weighted by molar-refractivity contribution is -0.116. The third-order valence-electron chi connectivity index (χ3n) is 6.11. The third kappa shape index (κ3) is 3.98. The fourth-order valence-corrected chi connectivity index (χ4v) is 4.40. The van der Waals surface area contributed by atoms with Crippen LogP contribution in [0.5, 0.6) is 0 Å². The molecule has 0 aliphatic rings. The van der Waals surface area contributed by atoms with Gasteiger partial charge in [-0.2, -0.15) is 5.10 Å². The van der Waals surface area contributed by atoms with Crippen molar-refractivity contribution in [2.75, 3.05) is 5.32 Å². The summed E-state index contributed by atoms with van der Waals surface area (Å²) in [4.78, 5) is 28.9. The minimum absolute atomic E-state index is 0.0117. The quantitative estimate of drug-likeness (QED) is 0.276. The normalized spacial score (nSPS) is 11.2. The first-order valence-electron chi connectivity index (χ1n) is 11.8. The van der Waals surface area contributed by atoms with Gasteiger partial charge in [-0.05, 0) is 54.4 Å². The maximum Gasteiger partial charge on any atom is 0.224 e. The molecule has 5 heterocycles. The molecule has 0 saturated carbocycles. The number of aromatic amines is 2. The van der Waals surface area contributed by atoms with Gasteiger partial charge in [0, 0.05) is 46.9 Å². The molecule has 0 unspecified atom stereocenters. The standard InChI is InChI=1S/C28H23N7O/c1-2-5-26(36)32-19-12-18(15-29-16-19)17-7-8-23-20(13-17)28(35-34-23)25-14-21-22(33-25)9-11-31-27(21)24-6-3-4-10-30-24/h3-4,6-16,33H,2,5H2,1H3,(H,32,36)(H,34,35). The molecule has 6 aromatic rings. The van der Waals surface area contributed by atoms with Crippen LogP contribution in [-0.2, 0) is 4.79 Å². The van der Waals surface area contributed by atoms with Crippen LogP contribution in [0.15, 0.2) is 79.4 Å². The molecule has 8 nitrogen and oxygen atoms in total. The molecule has 0 fully saturated rings. The number of pyridine rings is 3. The summed E-state index contributed by atoms with van der Waals surface area (Å²) in [7, 11) is 0. The zero-order valence-corrected chi connectivity index (χ0v) is 19.6. The summed E-state index contributed by atoms with van der Waals surface area (Å²) in [6.07, 6.45) is 8.29. The van der Waals surface area contributed by atoms with Crippen molar-refractivity contribution < 1.29 is 4.79 Å². The van der Waals surface area contributed by atoms with Gasteiger partial charge in [0.15, 0.2) is 0 Å². The van der Waals surface area contributed by atoms with Crippen molar-refractivity contribution in [1.82, 2.24) is 30.1 Å². The Labute approximate surface area is 206 Å². The largest absolute Gasteiger partial charge is 0.353 e. The van der Waals surface area contributed by atoms with Crippen molar-refractivity contribution in [3.63, 3.8) is 0 Å². The van der Waals surface area contributed by atoms with Gasteiger partial charge in [0.1, 0.15) is 5.69 Å². The summed E-state index contributed by atoms with van der Waals surface area (Å²) in [5.74, 6) is -0.0117. The number of nitrogens with zero attached hydrogens (tertiary/aromatic N) is 4. The highest BCUT2D eigenvalue weighted by atomic mass is 16.1. The predicted octanol–water partition coefficient (Wildman–Crippen LogP) is 5.97. The number of hydrogen-bond acceptors (Lipinski definition) is 5. The lowest BCUT2D eigenvalue weighted by atomic mass is 10.0. The molecule has 36 heavy (non-hydrogen) atoms. The predicted molar refractivity (Wildman–Crippen MR) is 141 cm³/mol. The molecule has 0 aliphatic carbocycles. The van der Waals surface area contributed by atoms with Gasteiger partial charge in [-0.1, -0.05) is 19.1 Å². The lowest BCUT2D eigenvalue weighted by Gasteiger charge is -2.07. The molecule has 0 saturated heterocycles. The van der Waals surface area contributed by atoms with Crippen LogP contribution in [-0.4, -0.2) is 36.0 Å². The number of benzene rings is 1. The first-order valence-corrected chi connectivity index (χ1v) is 11.8. The molecule has 0 spiro atoms. The highest BCUT2D eigenvalue weighted by molar-refractivity contribution is 6.00. The molecule has 0 atom stereocenters. The third-order valence-corrected chi connectivity index (χ3v) is 6.11. The maximum atomic E-state index is 12.0. The average Bonchev–Trinajstić information content (AvgIpc) is 3.53. The van der Waals surface area contributed by atoms with Gasteiger partial charge in [0.05, 0.1) is 34.5 Å². The van der Waals surface area contributed by atoms with E-state index >= 15 is 0 Å². The van der Waals surface area contributed by atoms with Gasteiger partial charge in [-0.15, -0.1) is 0 Å². The Morgan fingerprint density at radius 2 is 1.81 bits per heavy atom. The fourth-order valence-electron chi connectivity index (χ4n) is 4.40.